The molecular weight excluding hydrogens is 236 g/mol. The minimum Gasteiger partial charge on any atom is -0.395 e. The summed E-state index contributed by atoms with van der Waals surface area (Å²) in [5.74, 6) is 0. The van der Waals surface area contributed by atoms with Gasteiger partial charge >= 0.3 is 0 Å². The third-order valence-electron chi connectivity index (χ3n) is 3.72. The van der Waals surface area contributed by atoms with Gasteiger partial charge in [-0.3, -0.25) is 0 Å². The molecule has 2 rings (SSSR count). The molecule has 0 spiro atoms. The molecule has 1 atom stereocenters. The Morgan fingerprint density at radius 3 is 2.79 bits per heavy atom. The highest BCUT2D eigenvalue weighted by Gasteiger charge is 2.12. The molecule has 0 amide bonds. The molecule has 0 saturated carbocycles. The summed E-state index contributed by atoms with van der Waals surface area (Å²) in [5, 5.41) is 13.8. The van der Waals surface area contributed by atoms with Crippen LogP contribution in [0, 0.1) is 0 Å². The number of nitrogens with zero attached hydrogens (tertiary/aromatic N) is 1. The third kappa shape index (κ3) is 3.17. The lowest BCUT2D eigenvalue weighted by atomic mass is 10.1. The van der Waals surface area contributed by atoms with Crippen molar-refractivity contribution >= 4 is 10.9 Å². The Balaban J connectivity index is 2.32. The maximum Gasteiger partial charge on any atom is 0.0587 e. The average molecular weight is 260 g/mol. The van der Waals surface area contributed by atoms with E-state index in [1.54, 1.807) is 0 Å². The van der Waals surface area contributed by atoms with Gasteiger partial charge in [0.1, 0.15) is 0 Å². The number of nitrogens with one attached hydrogen (secondary N) is 1. The molecule has 0 aliphatic rings. The van der Waals surface area contributed by atoms with Crippen molar-refractivity contribution < 1.29 is 5.11 Å². The molecule has 1 aromatic carbocycles. The number of aromatic nitrogens is 1. The monoisotopic (exact) mass is 260 g/mol. The molecule has 2 aromatic rings. The normalized spacial score (nSPS) is 13.0. The lowest BCUT2D eigenvalue weighted by Crippen LogP contribution is -2.31. The van der Waals surface area contributed by atoms with Gasteiger partial charge in [-0.1, -0.05) is 31.5 Å². The van der Waals surface area contributed by atoms with Crippen LogP contribution in [0.25, 0.3) is 10.9 Å². The molecule has 0 bridgehead atoms. The number of hydrogen-bond acceptors (Lipinski definition) is 2. The highest BCUT2D eigenvalue weighted by atomic mass is 16.3. The van der Waals surface area contributed by atoms with E-state index >= 15 is 0 Å². The van der Waals surface area contributed by atoms with E-state index in [2.05, 4.69) is 47.3 Å². The fourth-order valence-electron chi connectivity index (χ4n) is 2.52. The molecule has 19 heavy (non-hydrogen) atoms. The Hall–Kier alpha value is -1.32. The number of aliphatic hydroxyl groups excluding tert-OH is 1. The first-order chi connectivity index (χ1) is 9.30. The predicted octanol–water partition coefficient (Wildman–Crippen LogP) is 2.56. The molecule has 1 aromatic heterocycles. The van der Waals surface area contributed by atoms with Gasteiger partial charge in [0.05, 0.1) is 6.61 Å². The van der Waals surface area contributed by atoms with Gasteiger partial charge in [-0.05, 0) is 31.5 Å². The van der Waals surface area contributed by atoms with Crippen LogP contribution in [0.1, 0.15) is 25.3 Å². The first kappa shape index (κ1) is 14.1. The van der Waals surface area contributed by atoms with Gasteiger partial charge in [-0.25, -0.2) is 0 Å². The van der Waals surface area contributed by atoms with Gasteiger partial charge in [-0.15, -0.1) is 0 Å². The van der Waals surface area contributed by atoms with E-state index in [-0.39, 0.29) is 12.6 Å². The number of para-hydroxylation sites is 1. The predicted molar refractivity (Wildman–Crippen MR) is 80.5 cm³/mol. The van der Waals surface area contributed by atoms with E-state index < -0.39 is 0 Å². The zero-order valence-corrected chi connectivity index (χ0v) is 11.9. The van der Waals surface area contributed by atoms with Crippen LogP contribution in [0.4, 0.5) is 0 Å². The number of benzene rings is 1. The maximum absolute atomic E-state index is 9.34. The summed E-state index contributed by atoms with van der Waals surface area (Å²) in [5.41, 5.74) is 2.62. The van der Waals surface area contributed by atoms with Crippen LogP contribution in [0.15, 0.2) is 30.5 Å². The summed E-state index contributed by atoms with van der Waals surface area (Å²) in [6.07, 6.45) is 5.53. The Morgan fingerprint density at radius 1 is 1.32 bits per heavy atom. The second-order valence-corrected chi connectivity index (χ2v) is 5.09. The summed E-state index contributed by atoms with van der Waals surface area (Å²) < 4.78 is 2.35. The van der Waals surface area contributed by atoms with Crippen LogP contribution in [-0.2, 0) is 13.0 Å². The minimum atomic E-state index is 0.130. The molecular formula is C16H24N2O. The highest BCUT2D eigenvalue weighted by molar-refractivity contribution is 5.84. The Bertz CT molecular complexity index is 514. The molecule has 1 heterocycles. The fourth-order valence-corrected chi connectivity index (χ4v) is 2.52. The fraction of sp³-hybridized carbons (Fsp3) is 0.500. The topological polar surface area (TPSA) is 37.2 Å². The van der Waals surface area contributed by atoms with Gasteiger partial charge in [0.2, 0.25) is 0 Å². The van der Waals surface area contributed by atoms with Crippen LogP contribution >= 0.6 is 0 Å². The molecule has 0 aliphatic carbocycles. The number of aryl methyl sites for hydroxylation is 1. The van der Waals surface area contributed by atoms with E-state index in [4.69, 9.17) is 0 Å². The Labute approximate surface area is 115 Å². The molecule has 0 radical (unpaired) electrons. The van der Waals surface area contributed by atoms with Gasteiger partial charge in [0.25, 0.3) is 0 Å². The average Bonchev–Trinajstić information content (AvgIpc) is 2.81. The summed E-state index contributed by atoms with van der Waals surface area (Å²) in [6, 6.07) is 8.67. The van der Waals surface area contributed by atoms with Crippen molar-refractivity contribution in [2.24, 2.45) is 0 Å². The van der Waals surface area contributed by atoms with Crippen molar-refractivity contribution in [3.05, 3.63) is 36.0 Å². The highest BCUT2D eigenvalue weighted by Crippen LogP contribution is 2.23. The second kappa shape index (κ2) is 6.73. The van der Waals surface area contributed by atoms with Gasteiger partial charge < -0.3 is 15.0 Å². The number of likely N-dealkylation sites (N-methyl/N-ethyl adjacent to an activating group) is 1. The summed E-state index contributed by atoms with van der Waals surface area (Å²) >= 11 is 0. The van der Waals surface area contributed by atoms with Crippen LogP contribution in [0.3, 0.4) is 0 Å². The second-order valence-electron chi connectivity index (χ2n) is 5.09. The largest absolute Gasteiger partial charge is 0.395 e. The van der Waals surface area contributed by atoms with E-state index in [0.717, 1.165) is 13.0 Å². The summed E-state index contributed by atoms with van der Waals surface area (Å²) in [7, 11) is 1.90. The summed E-state index contributed by atoms with van der Waals surface area (Å²) in [4.78, 5) is 0. The zero-order chi connectivity index (χ0) is 13.7. The zero-order valence-electron chi connectivity index (χ0n) is 11.9. The van der Waals surface area contributed by atoms with Crippen molar-refractivity contribution in [2.45, 2.75) is 38.8 Å². The van der Waals surface area contributed by atoms with Crippen molar-refractivity contribution in [3.63, 3.8) is 0 Å². The smallest absolute Gasteiger partial charge is 0.0587 e. The molecule has 3 heteroatoms. The number of rotatable bonds is 7. The van der Waals surface area contributed by atoms with Crippen LogP contribution in [0.2, 0.25) is 0 Å². The van der Waals surface area contributed by atoms with Crippen molar-refractivity contribution in [3.8, 4) is 0 Å². The van der Waals surface area contributed by atoms with Gasteiger partial charge in [-0.2, -0.15) is 0 Å². The molecule has 0 saturated heterocycles. The van der Waals surface area contributed by atoms with Crippen molar-refractivity contribution in [1.82, 2.24) is 9.88 Å². The van der Waals surface area contributed by atoms with Crippen LogP contribution < -0.4 is 5.32 Å². The molecule has 0 fully saturated rings. The third-order valence-corrected chi connectivity index (χ3v) is 3.72. The number of hydrogen-bond donors (Lipinski definition) is 2. The first-order valence-electron chi connectivity index (χ1n) is 7.15. The molecule has 104 valence electrons. The Kier molecular flexibility index (Phi) is 5.00. The number of aliphatic hydroxyl groups is 1. The van der Waals surface area contributed by atoms with E-state index in [9.17, 15) is 5.11 Å². The van der Waals surface area contributed by atoms with Crippen LogP contribution in [-0.4, -0.2) is 29.4 Å². The first-order valence-corrected chi connectivity index (χ1v) is 7.15. The van der Waals surface area contributed by atoms with Crippen molar-refractivity contribution in [1.29, 1.82) is 0 Å². The van der Waals surface area contributed by atoms with E-state index in [1.807, 2.05) is 7.05 Å². The van der Waals surface area contributed by atoms with Gasteiger partial charge in [0, 0.05) is 29.7 Å². The van der Waals surface area contributed by atoms with Crippen molar-refractivity contribution in [2.75, 3.05) is 13.7 Å². The summed E-state index contributed by atoms with van der Waals surface area (Å²) in [6.45, 7) is 3.46. The van der Waals surface area contributed by atoms with E-state index in [1.165, 1.54) is 29.3 Å². The standard InChI is InChI=1S/C16H24N2O/c1-3-4-9-18-11-13(10-14(12-19)17-2)15-7-5-6-8-16(15)18/h5-8,11,14,17,19H,3-4,9-10,12H2,1-2H3. The Morgan fingerprint density at radius 2 is 2.11 bits per heavy atom. The lowest BCUT2D eigenvalue weighted by molar-refractivity contribution is 0.248. The SMILES string of the molecule is CCCCn1cc(CC(CO)NC)c2ccccc21. The van der Waals surface area contributed by atoms with Gasteiger partial charge in [0.15, 0.2) is 0 Å². The molecule has 2 N–H and O–H groups in total. The number of unbranched alkanes of at least 4 members (excludes halogenated alkanes) is 1. The lowest BCUT2D eigenvalue weighted by Gasteiger charge is -2.11. The van der Waals surface area contributed by atoms with E-state index in [0.29, 0.717) is 0 Å². The molecule has 1 unspecified atom stereocenters. The molecule has 0 aliphatic heterocycles. The maximum atomic E-state index is 9.34. The minimum absolute atomic E-state index is 0.130. The number of fused-ring (bicyclic) bond motifs is 1. The quantitative estimate of drug-likeness (QED) is 0.803. The molecule has 3 nitrogen and oxygen atoms in total. The van der Waals surface area contributed by atoms with Crippen LogP contribution in [0.5, 0.6) is 0 Å².